The third-order valence-corrected chi connectivity index (χ3v) is 3.35. The number of amides is 1. The smallest absolute Gasteiger partial charge is 0.349 e. The lowest BCUT2D eigenvalue weighted by atomic mass is 9.85. The maximum atomic E-state index is 12.4. The molecule has 0 saturated carbocycles. The molecule has 100 valence electrons. The SMILES string of the molecule is O=C1NCCCCC1(C(=O)c1ccccc1)[N+](=O)[O-]. The van der Waals surface area contributed by atoms with Gasteiger partial charge in [0.25, 0.3) is 0 Å². The van der Waals surface area contributed by atoms with E-state index in [1.54, 1.807) is 18.2 Å². The number of rotatable bonds is 3. The summed E-state index contributed by atoms with van der Waals surface area (Å²) in [6.45, 7) is 0.372. The zero-order valence-corrected chi connectivity index (χ0v) is 10.3. The quantitative estimate of drug-likeness (QED) is 0.383. The summed E-state index contributed by atoms with van der Waals surface area (Å²) < 4.78 is 0. The zero-order chi connectivity index (χ0) is 13.9. The minimum absolute atomic E-state index is 0.0560. The van der Waals surface area contributed by atoms with E-state index in [0.717, 1.165) is 0 Å². The maximum Gasteiger partial charge on any atom is 0.359 e. The summed E-state index contributed by atoms with van der Waals surface area (Å²) in [5.41, 5.74) is -1.99. The minimum atomic E-state index is -2.18. The van der Waals surface area contributed by atoms with Crippen LogP contribution in [0.1, 0.15) is 29.6 Å². The molecule has 1 aromatic carbocycles. The molecule has 0 spiro atoms. The number of nitrogens with one attached hydrogen (secondary N) is 1. The van der Waals surface area contributed by atoms with Gasteiger partial charge in [0.1, 0.15) is 0 Å². The topological polar surface area (TPSA) is 89.3 Å². The molecule has 0 radical (unpaired) electrons. The van der Waals surface area contributed by atoms with Gasteiger partial charge in [-0.3, -0.25) is 19.7 Å². The largest absolute Gasteiger partial charge is 0.359 e. The average Bonchev–Trinajstić information content (AvgIpc) is 2.61. The van der Waals surface area contributed by atoms with Crippen molar-refractivity contribution in [1.82, 2.24) is 5.32 Å². The number of Topliss-reactive ketones (excluding diaryl/α,β-unsaturated/α-hetero) is 1. The third kappa shape index (κ3) is 2.21. The van der Waals surface area contributed by atoms with E-state index in [2.05, 4.69) is 5.32 Å². The van der Waals surface area contributed by atoms with Gasteiger partial charge in [0.05, 0.1) is 0 Å². The molecule has 1 N–H and O–H groups in total. The Hall–Kier alpha value is -2.24. The fourth-order valence-electron chi connectivity index (χ4n) is 2.27. The van der Waals surface area contributed by atoms with Crippen molar-refractivity contribution in [3.8, 4) is 0 Å². The fourth-order valence-corrected chi connectivity index (χ4v) is 2.27. The Morgan fingerprint density at radius 2 is 1.95 bits per heavy atom. The molecule has 0 bridgehead atoms. The van der Waals surface area contributed by atoms with Gasteiger partial charge in [-0.25, -0.2) is 0 Å². The Morgan fingerprint density at radius 3 is 2.58 bits per heavy atom. The van der Waals surface area contributed by atoms with Gasteiger partial charge in [0, 0.05) is 23.5 Å². The van der Waals surface area contributed by atoms with Crippen LogP contribution in [0.5, 0.6) is 0 Å². The zero-order valence-electron chi connectivity index (χ0n) is 10.3. The van der Waals surface area contributed by atoms with Crippen LogP contribution in [0.15, 0.2) is 30.3 Å². The van der Waals surface area contributed by atoms with Gasteiger partial charge in [-0.2, -0.15) is 0 Å². The van der Waals surface area contributed by atoms with Crippen molar-refractivity contribution >= 4 is 11.7 Å². The standard InChI is InChI=1S/C13H14N2O4/c16-11(10-6-2-1-3-7-10)13(15(18)19)8-4-5-9-14-12(13)17/h1-3,6-7H,4-5,8-9H2,(H,14,17). The molecule has 6 heteroatoms. The molecular formula is C13H14N2O4. The summed E-state index contributed by atoms with van der Waals surface area (Å²) in [6.07, 6.45) is 1.06. The predicted molar refractivity (Wildman–Crippen MR) is 67.4 cm³/mol. The number of nitro groups is 1. The highest BCUT2D eigenvalue weighted by atomic mass is 16.6. The first-order valence-electron chi connectivity index (χ1n) is 6.11. The lowest BCUT2D eigenvalue weighted by molar-refractivity contribution is -0.534. The number of nitrogens with zero attached hydrogens (tertiary/aromatic N) is 1. The molecule has 6 nitrogen and oxygen atoms in total. The number of hydrogen-bond acceptors (Lipinski definition) is 4. The number of hydrogen-bond donors (Lipinski definition) is 1. The van der Waals surface area contributed by atoms with Gasteiger partial charge in [-0.05, 0) is 12.8 Å². The fraction of sp³-hybridized carbons (Fsp3) is 0.385. The van der Waals surface area contributed by atoms with Crippen LogP contribution in [0.25, 0.3) is 0 Å². The Labute approximate surface area is 110 Å². The summed E-state index contributed by atoms with van der Waals surface area (Å²) in [7, 11) is 0. The molecular weight excluding hydrogens is 248 g/mol. The normalized spacial score (nSPS) is 23.3. The van der Waals surface area contributed by atoms with Gasteiger partial charge in [-0.15, -0.1) is 0 Å². The van der Waals surface area contributed by atoms with Crippen molar-refractivity contribution in [2.75, 3.05) is 6.54 Å². The van der Waals surface area contributed by atoms with Crippen LogP contribution in [0.2, 0.25) is 0 Å². The van der Waals surface area contributed by atoms with Crippen molar-refractivity contribution < 1.29 is 14.5 Å². The monoisotopic (exact) mass is 262 g/mol. The lowest BCUT2D eigenvalue weighted by Crippen LogP contribution is -2.57. The predicted octanol–water partition coefficient (Wildman–Crippen LogP) is 1.18. The first kappa shape index (κ1) is 13.2. The minimum Gasteiger partial charge on any atom is -0.349 e. The Kier molecular flexibility index (Phi) is 3.59. The summed E-state index contributed by atoms with van der Waals surface area (Å²) in [4.78, 5) is 35.1. The van der Waals surface area contributed by atoms with Gasteiger partial charge in [0.15, 0.2) is 0 Å². The van der Waals surface area contributed by atoms with Gasteiger partial charge in [-0.1, -0.05) is 30.3 Å². The van der Waals surface area contributed by atoms with Gasteiger partial charge < -0.3 is 5.32 Å². The summed E-state index contributed by atoms with van der Waals surface area (Å²) in [6, 6.07) is 7.94. The highest BCUT2D eigenvalue weighted by Gasteiger charge is 2.58. The Balaban J connectivity index is 2.47. The Morgan fingerprint density at radius 1 is 1.26 bits per heavy atom. The second-order valence-electron chi connectivity index (χ2n) is 4.53. The van der Waals surface area contributed by atoms with E-state index < -0.39 is 22.2 Å². The highest BCUT2D eigenvalue weighted by Crippen LogP contribution is 2.26. The molecule has 1 saturated heterocycles. The molecule has 1 atom stereocenters. The molecule has 1 amide bonds. The van der Waals surface area contributed by atoms with Crippen LogP contribution in [-0.4, -0.2) is 28.7 Å². The number of carbonyl (C=O) groups excluding carboxylic acids is 2. The molecule has 1 aromatic rings. The lowest BCUT2D eigenvalue weighted by Gasteiger charge is -2.20. The van der Waals surface area contributed by atoms with E-state index in [9.17, 15) is 19.7 Å². The molecule has 1 aliphatic heterocycles. The van der Waals surface area contributed by atoms with E-state index in [-0.39, 0.29) is 12.0 Å². The van der Waals surface area contributed by atoms with Crippen LogP contribution in [-0.2, 0) is 4.79 Å². The molecule has 19 heavy (non-hydrogen) atoms. The van der Waals surface area contributed by atoms with Crippen molar-refractivity contribution in [3.63, 3.8) is 0 Å². The van der Waals surface area contributed by atoms with Crippen LogP contribution in [0, 0.1) is 10.1 Å². The second-order valence-corrected chi connectivity index (χ2v) is 4.53. The second kappa shape index (κ2) is 5.17. The number of carbonyl (C=O) groups is 2. The summed E-state index contributed by atoms with van der Waals surface area (Å²) in [5, 5.41) is 13.8. The van der Waals surface area contributed by atoms with Crippen molar-refractivity contribution in [1.29, 1.82) is 0 Å². The molecule has 1 fully saturated rings. The van der Waals surface area contributed by atoms with Crippen molar-refractivity contribution in [3.05, 3.63) is 46.0 Å². The Bertz CT molecular complexity index is 515. The van der Waals surface area contributed by atoms with Gasteiger partial charge in [0.2, 0.25) is 5.78 Å². The molecule has 0 aliphatic carbocycles. The average molecular weight is 262 g/mol. The molecule has 1 aliphatic rings. The third-order valence-electron chi connectivity index (χ3n) is 3.35. The van der Waals surface area contributed by atoms with Crippen LogP contribution in [0.3, 0.4) is 0 Å². The molecule has 2 rings (SSSR count). The first-order chi connectivity index (χ1) is 9.09. The maximum absolute atomic E-state index is 12.4. The van der Waals surface area contributed by atoms with Crippen molar-refractivity contribution in [2.24, 2.45) is 0 Å². The summed E-state index contributed by atoms with van der Waals surface area (Å²) >= 11 is 0. The van der Waals surface area contributed by atoms with E-state index in [0.29, 0.717) is 19.4 Å². The van der Waals surface area contributed by atoms with E-state index in [1.165, 1.54) is 12.1 Å². The van der Waals surface area contributed by atoms with Gasteiger partial charge >= 0.3 is 11.4 Å². The van der Waals surface area contributed by atoms with E-state index >= 15 is 0 Å². The molecule has 0 aromatic heterocycles. The number of benzene rings is 1. The highest BCUT2D eigenvalue weighted by molar-refractivity contribution is 6.16. The van der Waals surface area contributed by atoms with E-state index in [1.807, 2.05) is 0 Å². The molecule has 1 unspecified atom stereocenters. The number of ketones is 1. The molecule has 1 heterocycles. The van der Waals surface area contributed by atoms with Crippen LogP contribution < -0.4 is 5.32 Å². The van der Waals surface area contributed by atoms with Crippen molar-refractivity contribution in [2.45, 2.75) is 24.8 Å². The van der Waals surface area contributed by atoms with Crippen LogP contribution in [0.4, 0.5) is 0 Å². The summed E-state index contributed by atoms with van der Waals surface area (Å²) in [5.74, 6) is -1.54. The van der Waals surface area contributed by atoms with Crippen LogP contribution >= 0.6 is 0 Å². The first-order valence-corrected chi connectivity index (χ1v) is 6.11. The van der Waals surface area contributed by atoms with E-state index in [4.69, 9.17) is 0 Å².